The Balaban J connectivity index is 1.42. The van der Waals surface area contributed by atoms with Crippen molar-refractivity contribution in [2.45, 2.75) is 38.9 Å². The highest BCUT2D eigenvalue weighted by Gasteiger charge is 2.38. The number of ether oxygens (including phenoxy) is 1. The van der Waals surface area contributed by atoms with Gasteiger partial charge in [0.05, 0.1) is 0 Å². The smallest absolute Gasteiger partial charge is 0.243 e. The zero-order valence-corrected chi connectivity index (χ0v) is 20.0. The molecule has 0 saturated carbocycles. The molecule has 1 atom stereocenters. The molecule has 0 aliphatic carbocycles. The molecule has 0 spiro atoms. The largest absolute Gasteiger partial charge is 0.457 e. The van der Waals surface area contributed by atoms with Crippen LogP contribution in [0.1, 0.15) is 26.3 Å². The van der Waals surface area contributed by atoms with Gasteiger partial charge in [-0.1, -0.05) is 30.3 Å². The van der Waals surface area contributed by atoms with Gasteiger partial charge < -0.3 is 10.1 Å². The predicted octanol–water partition coefficient (Wildman–Crippen LogP) is 5.54. The number of carbonyl (C=O) groups is 1. The third-order valence-corrected chi connectivity index (χ3v) is 6.05. The van der Waals surface area contributed by atoms with Crippen molar-refractivity contribution < 1.29 is 13.9 Å². The molecule has 0 aromatic heterocycles. The van der Waals surface area contributed by atoms with E-state index in [1.165, 1.54) is 17.7 Å². The normalized spacial score (nSPS) is 17.4. The van der Waals surface area contributed by atoms with E-state index in [9.17, 15) is 9.18 Å². The van der Waals surface area contributed by atoms with Crippen molar-refractivity contribution in [2.75, 3.05) is 25.0 Å². The lowest BCUT2D eigenvalue weighted by Crippen LogP contribution is -2.62. The lowest BCUT2D eigenvalue weighted by atomic mass is 9.99. The van der Waals surface area contributed by atoms with Gasteiger partial charge in [0, 0.05) is 37.4 Å². The highest BCUT2D eigenvalue weighted by Crippen LogP contribution is 2.26. The number of nitrogens with one attached hydrogen (secondary N) is 1. The summed E-state index contributed by atoms with van der Waals surface area (Å²) in [5.74, 6) is 0.854. The maximum atomic E-state index is 13.4. The predicted molar refractivity (Wildman–Crippen MR) is 134 cm³/mol. The number of rotatable bonds is 6. The first-order chi connectivity index (χ1) is 16.3. The number of carbonyl (C=O) groups excluding carboxylic acids is 1. The van der Waals surface area contributed by atoms with E-state index in [0.29, 0.717) is 23.7 Å². The van der Waals surface area contributed by atoms with E-state index in [1.54, 1.807) is 24.3 Å². The van der Waals surface area contributed by atoms with Gasteiger partial charge >= 0.3 is 0 Å². The van der Waals surface area contributed by atoms with Crippen LogP contribution in [0.2, 0.25) is 0 Å². The van der Waals surface area contributed by atoms with E-state index < -0.39 is 0 Å². The second-order valence-corrected chi connectivity index (χ2v) is 9.67. The third-order valence-electron chi connectivity index (χ3n) is 6.05. The summed E-state index contributed by atoms with van der Waals surface area (Å²) in [6.45, 7) is 9.72. The second kappa shape index (κ2) is 10.4. The quantitative estimate of drug-likeness (QED) is 0.523. The van der Waals surface area contributed by atoms with Crippen LogP contribution in [0.5, 0.6) is 11.5 Å². The van der Waals surface area contributed by atoms with Crippen LogP contribution in [0.25, 0.3) is 0 Å². The van der Waals surface area contributed by atoms with Crippen molar-refractivity contribution in [1.82, 2.24) is 9.80 Å². The molecule has 6 heteroatoms. The highest BCUT2D eigenvalue weighted by atomic mass is 19.1. The Kier molecular flexibility index (Phi) is 7.29. The second-order valence-electron chi connectivity index (χ2n) is 9.67. The first-order valence-electron chi connectivity index (χ1n) is 11.7. The number of hydrogen-bond acceptors (Lipinski definition) is 4. The van der Waals surface area contributed by atoms with Crippen molar-refractivity contribution in [3.05, 3.63) is 90.2 Å². The minimum absolute atomic E-state index is 0.0140. The summed E-state index contributed by atoms with van der Waals surface area (Å²) in [7, 11) is 0. The summed E-state index contributed by atoms with van der Waals surface area (Å²) < 4.78 is 18.8. The van der Waals surface area contributed by atoms with Crippen LogP contribution in [-0.2, 0) is 11.3 Å². The minimum atomic E-state index is -0.306. The van der Waals surface area contributed by atoms with E-state index in [4.69, 9.17) is 4.74 Å². The van der Waals surface area contributed by atoms with Gasteiger partial charge in [-0.2, -0.15) is 0 Å². The Morgan fingerprint density at radius 2 is 1.56 bits per heavy atom. The summed E-state index contributed by atoms with van der Waals surface area (Å²) >= 11 is 0. The SMILES string of the molecule is CC(C)(C)N1CCN(Cc2ccccc2)C[C@H]1C(=O)Nc1ccc(Oc2ccc(F)cc2)cc1. The van der Waals surface area contributed by atoms with Crippen LogP contribution >= 0.6 is 0 Å². The molecule has 0 unspecified atom stereocenters. The maximum Gasteiger partial charge on any atom is 0.243 e. The fraction of sp³-hybridized carbons (Fsp3) is 0.321. The fourth-order valence-electron chi connectivity index (χ4n) is 4.32. The Hall–Kier alpha value is -3.22. The number of piperazine rings is 1. The molecule has 1 saturated heterocycles. The number of amides is 1. The van der Waals surface area contributed by atoms with E-state index in [0.717, 1.165) is 19.6 Å². The molecular weight excluding hydrogens is 429 g/mol. The van der Waals surface area contributed by atoms with Crippen LogP contribution < -0.4 is 10.1 Å². The van der Waals surface area contributed by atoms with Crippen LogP contribution in [-0.4, -0.2) is 46.9 Å². The molecule has 1 aliphatic rings. The lowest BCUT2D eigenvalue weighted by Gasteiger charge is -2.47. The molecule has 34 heavy (non-hydrogen) atoms. The number of nitrogens with zero attached hydrogens (tertiary/aromatic N) is 2. The van der Waals surface area contributed by atoms with E-state index in [-0.39, 0.29) is 23.3 Å². The highest BCUT2D eigenvalue weighted by molar-refractivity contribution is 5.95. The first-order valence-corrected chi connectivity index (χ1v) is 11.7. The van der Waals surface area contributed by atoms with Crippen LogP contribution in [0.15, 0.2) is 78.9 Å². The molecule has 178 valence electrons. The molecule has 1 heterocycles. The number of halogens is 1. The molecule has 1 amide bonds. The standard InChI is InChI=1S/C28H32FN3O2/c1-28(2,3)32-18-17-31(19-21-7-5-4-6-8-21)20-26(32)27(33)30-23-11-15-25(16-12-23)34-24-13-9-22(29)10-14-24/h4-16,26H,17-20H2,1-3H3,(H,30,33)/t26-/m0/s1. The maximum absolute atomic E-state index is 13.4. The average Bonchev–Trinajstić information content (AvgIpc) is 2.82. The number of benzene rings is 3. The Morgan fingerprint density at radius 1 is 0.941 bits per heavy atom. The van der Waals surface area contributed by atoms with Crippen LogP contribution in [0.3, 0.4) is 0 Å². The van der Waals surface area contributed by atoms with E-state index >= 15 is 0 Å². The van der Waals surface area contributed by atoms with Crippen molar-refractivity contribution in [2.24, 2.45) is 0 Å². The molecule has 1 aliphatic heterocycles. The lowest BCUT2D eigenvalue weighted by molar-refractivity contribution is -0.127. The van der Waals surface area contributed by atoms with Gasteiger partial charge in [0.1, 0.15) is 23.4 Å². The summed E-state index contributed by atoms with van der Waals surface area (Å²) in [5.41, 5.74) is 1.85. The van der Waals surface area contributed by atoms with Crippen molar-refractivity contribution in [3.8, 4) is 11.5 Å². The number of anilines is 1. The zero-order valence-electron chi connectivity index (χ0n) is 20.0. The van der Waals surface area contributed by atoms with E-state index in [2.05, 4.69) is 48.0 Å². The summed E-state index contributed by atoms with van der Waals surface area (Å²) in [5, 5.41) is 3.08. The molecule has 0 radical (unpaired) electrons. The van der Waals surface area contributed by atoms with Gasteiger partial charge in [-0.05, 0) is 74.9 Å². The summed E-state index contributed by atoms with van der Waals surface area (Å²) in [6, 6.07) is 23.2. The molecule has 0 bridgehead atoms. The summed E-state index contributed by atoms with van der Waals surface area (Å²) in [4.78, 5) is 18.0. The fourth-order valence-corrected chi connectivity index (χ4v) is 4.32. The van der Waals surface area contributed by atoms with Gasteiger partial charge in [-0.25, -0.2) is 4.39 Å². The van der Waals surface area contributed by atoms with Gasteiger partial charge in [-0.15, -0.1) is 0 Å². The van der Waals surface area contributed by atoms with E-state index in [1.807, 2.05) is 30.3 Å². The van der Waals surface area contributed by atoms with Crippen LogP contribution in [0.4, 0.5) is 10.1 Å². The Bertz CT molecular complexity index is 1080. The molecule has 3 aromatic carbocycles. The topological polar surface area (TPSA) is 44.8 Å². The van der Waals surface area contributed by atoms with Gasteiger partial charge in [0.15, 0.2) is 0 Å². The zero-order chi connectivity index (χ0) is 24.1. The molecule has 1 N–H and O–H groups in total. The molecule has 5 nitrogen and oxygen atoms in total. The number of hydrogen-bond donors (Lipinski definition) is 1. The Labute approximate surface area is 201 Å². The van der Waals surface area contributed by atoms with Crippen LogP contribution in [0, 0.1) is 5.82 Å². The van der Waals surface area contributed by atoms with Crippen molar-refractivity contribution >= 4 is 11.6 Å². The summed E-state index contributed by atoms with van der Waals surface area (Å²) in [6.07, 6.45) is 0. The van der Waals surface area contributed by atoms with Crippen molar-refractivity contribution in [1.29, 1.82) is 0 Å². The van der Waals surface area contributed by atoms with Gasteiger partial charge in [0.25, 0.3) is 0 Å². The first kappa shape index (κ1) is 23.9. The molecule has 3 aromatic rings. The molecular formula is C28H32FN3O2. The van der Waals surface area contributed by atoms with Gasteiger partial charge in [-0.3, -0.25) is 14.6 Å². The van der Waals surface area contributed by atoms with Crippen molar-refractivity contribution in [3.63, 3.8) is 0 Å². The third kappa shape index (κ3) is 6.22. The molecule has 1 fully saturated rings. The monoisotopic (exact) mass is 461 g/mol. The molecule has 4 rings (SSSR count). The van der Waals surface area contributed by atoms with Gasteiger partial charge in [0.2, 0.25) is 5.91 Å². The average molecular weight is 462 g/mol. The Morgan fingerprint density at radius 3 is 2.18 bits per heavy atom. The minimum Gasteiger partial charge on any atom is -0.457 e.